The zero-order valence-corrected chi connectivity index (χ0v) is 9.88. The molecule has 1 amide bonds. The van der Waals surface area contributed by atoms with Crippen molar-refractivity contribution < 1.29 is 18.5 Å². The van der Waals surface area contributed by atoms with Crippen molar-refractivity contribution in [1.82, 2.24) is 10.1 Å². The van der Waals surface area contributed by atoms with Crippen molar-refractivity contribution in [2.45, 2.75) is 13.5 Å². The number of rotatable bonds is 2. The first-order valence-corrected chi connectivity index (χ1v) is 5.52. The van der Waals surface area contributed by atoms with E-state index in [1.807, 2.05) is 0 Å². The second-order valence-electron chi connectivity index (χ2n) is 4.09. The normalized spacial score (nSPS) is 14.1. The van der Waals surface area contributed by atoms with Crippen LogP contribution in [-0.4, -0.2) is 21.8 Å². The third kappa shape index (κ3) is 1.70. The van der Waals surface area contributed by atoms with Crippen LogP contribution in [0.1, 0.15) is 22.1 Å². The molecule has 1 aromatic heterocycles. The SMILES string of the molecule is Cc1nc(CN2C(=O)C(=O)c3cccc(F)c32)no1. The van der Waals surface area contributed by atoms with Crippen LogP contribution in [0.5, 0.6) is 0 Å². The molecule has 3 rings (SSSR count). The first-order chi connectivity index (χ1) is 9.08. The average Bonchev–Trinajstić information content (AvgIpc) is 2.89. The van der Waals surface area contributed by atoms with E-state index in [4.69, 9.17) is 4.52 Å². The second kappa shape index (κ2) is 3.98. The van der Waals surface area contributed by atoms with Crippen LogP contribution in [0.4, 0.5) is 10.1 Å². The molecule has 0 saturated heterocycles. The van der Waals surface area contributed by atoms with E-state index in [-0.39, 0.29) is 23.6 Å². The smallest absolute Gasteiger partial charge is 0.299 e. The fourth-order valence-corrected chi connectivity index (χ4v) is 2.01. The molecule has 0 spiro atoms. The summed E-state index contributed by atoms with van der Waals surface area (Å²) in [4.78, 5) is 28.5. The van der Waals surface area contributed by atoms with Crippen LogP contribution < -0.4 is 4.90 Å². The third-order valence-corrected chi connectivity index (χ3v) is 2.81. The lowest BCUT2D eigenvalue weighted by molar-refractivity contribution is -0.114. The van der Waals surface area contributed by atoms with Crippen LogP contribution in [0.3, 0.4) is 0 Å². The standard InChI is InChI=1S/C12H8FN3O3/c1-6-14-9(15-19-6)5-16-10-7(11(17)12(16)18)3-2-4-8(10)13/h2-4H,5H2,1H3. The Morgan fingerprint density at radius 1 is 1.37 bits per heavy atom. The summed E-state index contributed by atoms with van der Waals surface area (Å²) < 4.78 is 18.6. The van der Waals surface area contributed by atoms with Crippen LogP contribution in [0.15, 0.2) is 22.7 Å². The molecule has 0 bridgehead atoms. The Morgan fingerprint density at radius 3 is 2.84 bits per heavy atom. The Hall–Kier alpha value is -2.57. The number of anilines is 1. The van der Waals surface area contributed by atoms with Crippen LogP contribution in [-0.2, 0) is 11.3 Å². The zero-order valence-electron chi connectivity index (χ0n) is 9.88. The maximum absolute atomic E-state index is 13.8. The summed E-state index contributed by atoms with van der Waals surface area (Å²) in [5, 5.41) is 3.63. The van der Waals surface area contributed by atoms with Gasteiger partial charge in [-0.1, -0.05) is 11.2 Å². The minimum atomic E-state index is -0.789. The van der Waals surface area contributed by atoms with Crippen LogP contribution in [0, 0.1) is 12.7 Å². The number of carbonyl (C=O) groups is 2. The van der Waals surface area contributed by atoms with Gasteiger partial charge in [-0.15, -0.1) is 0 Å². The lowest BCUT2D eigenvalue weighted by atomic mass is 10.1. The van der Waals surface area contributed by atoms with E-state index < -0.39 is 17.5 Å². The van der Waals surface area contributed by atoms with Gasteiger partial charge in [0.25, 0.3) is 11.7 Å². The Balaban J connectivity index is 2.04. The maximum atomic E-state index is 13.8. The van der Waals surface area contributed by atoms with Gasteiger partial charge in [-0.25, -0.2) is 4.39 Å². The Kier molecular flexibility index (Phi) is 2.41. The van der Waals surface area contributed by atoms with Gasteiger partial charge in [0, 0.05) is 6.92 Å². The van der Waals surface area contributed by atoms with Gasteiger partial charge in [0.15, 0.2) is 5.82 Å². The number of halogens is 1. The monoisotopic (exact) mass is 261 g/mol. The van der Waals surface area contributed by atoms with Gasteiger partial charge >= 0.3 is 0 Å². The molecular weight excluding hydrogens is 253 g/mol. The predicted molar refractivity (Wildman–Crippen MR) is 61.0 cm³/mol. The van der Waals surface area contributed by atoms with Gasteiger partial charge in [0.2, 0.25) is 5.89 Å². The molecule has 0 unspecified atom stereocenters. The highest BCUT2D eigenvalue weighted by Crippen LogP contribution is 2.32. The van der Waals surface area contributed by atoms with Gasteiger partial charge < -0.3 is 4.52 Å². The number of carbonyl (C=O) groups excluding carboxylic acids is 2. The molecule has 2 heterocycles. The topological polar surface area (TPSA) is 76.3 Å². The Morgan fingerprint density at radius 2 is 2.16 bits per heavy atom. The van der Waals surface area contributed by atoms with Crippen molar-refractivity contribution in [3.05, 3.63) is 41.3 Å². The number of para-hydroxylation sites is 1. The highest BCUT2D eigenvalue weighted by molar-refractivity contribution is 6.52. The quantitative estimate of drug-likeness (QED) is 0.760. The summed E-state index contributed by atoms with van der Waals surface area (Å²) in [6, 6.07) is 4.00. The number of nitrogens with zero attached hydrogens (tertiary/aromatic N) is 3. The molecule has 0 saturated carbocycles. The lowest BCUT2D eigenvalue weighted by Crippen LogP contribution is -2.30. The first kappa shape index (κ1) is 11.5. The molecule has 0 aliphatic carbocycles. The lowest BCUT2D eigenvalue weighted by Gasteiger charge is -2.14. The van der Waals surface area contributed by atoms with Crippen molar-refractivity contribution >= 4 is 17.4 Å². The molecule has 2 aromatic rings. The van der Waals surface area contributed by atoms with Crippen LogP contribution in [0.2, 0.25) is 0 Å². The molecule has 96 valence electrons. The predicted octanol–water partition coefficient (Wildman–Crippen LogP) is 1.25. The molecular formula is C12H8FN3O3. The molecule has 1 aliphatic rings. The molecule has 0 N–H and O–H groups in total. The van der Waals surface area contributed by atoms with Gasteiger partial charge in [-0.2, -0.15) is 4.98 Å². The summed E-state index contributed by atoms with van der Waals surface area (Å²) in [6.45, 7) is 1.50. The van der Waals surface area contributed by atoms with E-state index in [0.717, 1.165) is 4.90 Å². The zero-order chi connectivity index (χ0) is 13.6. The largest absolute Gasteiger partial charge is 0.340 e. The molecule has 0 fully saturated rings. The number of amides is 1. The first-order valence-electron chi connectivity index (χ1n) is 5.52. The van der Waals surface area contributed by atoms with Crippen molar-refractivity contribution in [3.8, 4) is 0 Å². The Bertz CT molecular complexity index is 695. The van der Waals surface area contributed by atoms with E-state index in [0.29, 0.717) is 5.89 Å². The fraction of sp³-hybridized carbons (Fsp3) is 0.167. The van der Waals surface area contributed by atoms with Crippen LogP contribution in [0.25, 0.3) is 0 Å². The highest BCUT2D eigenvalue weighted by atomic mass is 19.1. The summed E-state index contributed by atoms with van der Waals surface area (Å²) in [6.07, 6.45) is 0. The number of ketones is 1. The number of Topliss-reactive ketones (excluding diaryl/α,β-unsaturated/α-hetero) is 1. The average molecular weight is 261 g/mol. The molecule has 0 atom stereocenters. The van der Waals surface area contributed by atoms with Gasteiger partial charge in [0.1, 0.15) is 5.82 Å². The van der Waals surface area contributed by atoms with E-state index >= 15 is 0 Å². The Labute approximate surface area is 106 Å². The maximum Gasteiger partial charge on any atom is 0.299 e. The summed E-state index contributed by atoms with van der Waals surface area (Å²) in [5.74, 6) is -1.59. The second-order valence-corrected chi connectivity index (χ2v) is 4.09. The minimum absolute atomic E-state index is 0.0278. The van der Waals surface area contributed by atoms with E-state index in [2.05, 4.69) is 10.1 Å². The number of hydrogen-bond donors (Lipinski definition) is 0. The van der Waals surface area contributed by atoms with Gasteiger partial charge in [-0.3, -0.25) is 14.5 Å². The van der Waals surface area contributed by atoms with Crippen molar-refractivity contribution in [2.75, 3.05) is 4.90 Å². The van der Waals surface area contributed by atoms with Crippen molar-refractivity contribution in [2.24, 2.45) is 0 Å². The third-order valence-electron chi connectivity index (χ3n) is 2.81. The fourth-order valence-electron chi connectivity index (χ4n) is 2.01. The number of benzene rings is 1. The number of aryl methyl sites for hydroxylation is 1. The van der Waals surface area contributed by atoms with Gasteiger partial charge in [0.05, 0.1) is 17.8 Å². The summed E-state index contributed by atoms with van der Waals surface area (Å²) in [5.41, 5.74) is 0.0326. The minimum Gasteiger partial charge on any atom is -0.340 e. The summed E-state index contributed by atoms with van der Waals surface area (Å²) in [7, 11) is 0. The highest BCUT2D eigenvalue weighted by Gasteiger charge is 2.38. The molecule has 0 radical (unpaired) electrons. The van der Waals surface area contributed by atoms with E-state index in [1.54, 1.807) is 6.92 Å². The molecule has 1 aromatic carbocycles. The van der Waals surface area contributed by atoms with Crippen molar-refractivity contribution in [1.29, 1.82) is 0 Å². The number of aromatic nitrogens is 2. The number of hydrogen-bond acceptors (Lipinski definition) is 5. The number of fused-ring (bicyclic) bond motifs is 1. The van der Waals surface area contributed by atoms with E-state index in [9.17, 15) is 14.0 Å². The molecule has 19 heavy (non-hydrogen) atoms. The van der Waals surface area contributed by atoms with Gasteiger partial charge in [-0.05, 0) is 12.1 Å². The molecule has 1 aliphatic heterocycles. The molecule has 6 nitrogen and oxygen atoms in total. The van der Waals surface area contributed by atoms with Crippen molar-refractivity contribution in [3.63, 3.8) is 0 Å². The summed E-state index contributed by atoms with van der Waals surface area (Å²) >= 11 is 0. The van der Waals surface area contributed by atoms with Crippen LogP contribution >= 0.6 is 0 Å². The molecule has 7 heteroatoms. The van der Waals surface area contributed by atoms with E-state index in [1.165, 1.54) is 18.2 Å².